The van der Waals surface area contributed by atoms with Gasteiger partial charge in [-0.25, -0.2) is 0 Å². The van der Waals surface area contributed by atoms with Crippen LogP contribution < -0.4 is 9.72 Å². The maximum absolute atomic E-state index is 14.8. The van der Waals surface area contributed by atoms with Gasteiger partial charge in [-0.2, -0.15) is 6.20 Å². The predicted octanol–water partition coefficient (Wildman–Crippen LogP) is 9.75. The van der Waals surface area contributed by atoms with Crippen LogP contribution in [0.25, 0.3) is 17.5 Å². The second kappa shape index (κ2) is 18.0. The number of benzene rings is 3. The first kappa shape index (κ1) is 40.6. The number of aliphatic hydroxyl groups excluding tert-OH is 1. The van der Waals surface area contributed by atoms with Gasteiger partial charge < -0.3 is 35.3 Å². The SMILES string of the molecule is O=C1CCc2cc(c(O)c(OC3CCCC3)c2)Cc2ccc(CCCO)c(c2)Cc2cc[nH]c2[N-]CC2=Cc3[n-]ccc3[C@@H](C[C@@H]3C=Cc4c(O)cccc4CC3)[C@@H]2C(=O)C1. The van der Waals surface area contributed by atoms with Gasteiger partial charge in [0.25, 0.3) is 0 Å². The highest BCUT2D eigenvalue weighted by molar-refractivity contribution is 6.02. The number of aryl methyl sites for hydroxylation is 3. The van der Waals surface area contributed by atoms with Gasteiger partial charge in [0.05, 0.1) is 12.5 Å². The summed E-state index contributed by atoms with van der Waals surface area (Å²) in [6, 6.07) is 20.1. The van der Waals surface area contributed by atoms with Crippen LogP contribution in [0.5, 0.6) is 17.2 Å². The molecule has 3 atom stereocenters. The number of hydrogen-bond acceptors (Lipinski definition) is 6. The van der Waals surface area contributed by atoms with E-state index in [0.717, 1.165) is 112 Å². The molecule has 316 valence electrons. The molecule has 9 rings (SSSR count). The van der Waals surface area contributed by atoms with Gasteiger partial charge in [-0.1, -0.05) is 89.9 Å². The second-order valence-electron chi connectivity index (χ2n) is 17.6. The van der Waals surface area contributed by atoms with Crippen LogP contribution in [-0.2, 0) is 41.7 Å². The van der Waals surface area contributed by atoms with Crippen molar-refractivity contribution >= 4 is 29.5 Å². The summed E-state index contributed by atoms with van der Waals surface area (Å²) < 4.78 is 6.44. The molecule has 3 heterocycles. The van der Waals surface area contributed by atoms with Gasteiger partial charge in [0.2, 0.25) is 0 Å². The number of Topliss-reactive ketones (excluding diaryl/α,β-unsaturated/α-hetero) is 2. The van der Waals surface area contributed by atoms with Crippen molar-refractivity contribution in [2.75, 3.05) is 13.2 Å². The molecule has 4 N–H and O–H groups in total. The molecule has 2 aromatic heterocycles. The van der Waals surface area contributed by atoms with Crippen molar-refractivity contribution in [3.05, 3.63) is 146 Å². The van der Waals surface area contributed by atoms with E-state index in [4.69, 9.17) is 15.0 Å². The Morgan fingerprint density at radius 2 is 1.70 bits per heavy atom. The highest BCUT2D eigenvalue weighted by Crippen LogP contribution is 2.46. The molecule has 3 aliphatic carbocycles. The lowest BCUT2D eigenvalue weighted by atomic mass is 9.69. The Bertz CT molecular complexity index is 2470. The van der Waals surface area contributed by atoms with Crippen molar-refractivity contribution < 1.29 is 29.6 Å². The highest BCUT2D eigenvalue weighted by atomic mass is 16.5. The van der Waals surface area contributed by atoms with E-state index in [2.05, 4.69) is 41.4 Å². The number of ketones is 2. The number of H-pyrrole nitrogens is 1. The van der Waals surface area contributed by atoms with Gasteiger partial charge in [-0.15, -0.1) is 5.69 Å². The van der Waals surface area contributed by atoms with Gasteiger partial charge in [0.1, 0.15) is 17.3 Å². The van der Waals surface area contributed by atoms with Crippen molar-refractivity contribution in [2.45, 2.75) is 102 Å². The zero-order valence-corrected chi connectivity index (χ0v) is 34.7. The first-order valence-corrected chi connectivity index (χ1v) is 22.2. The third kappa shape index (κ3) is 8.99. The number of aromatic nitrogens is 2. The molecule has 61 heavy (non-hydrogen) atoms. The summed E-state index contributed by atoms with van der Waals surface area (Å²) in [5, 5.41) is 37.2. The Hall–Kier alpha value is -5.80. The van der Waals surface area contributed by atoms with Crippen LogP contribution in [0.4, 0.5) is 5.82 Å². The number of allylic oxidation sites excluding steroid dienone is 1. The maximum atomic E-state index is 14.8. The first-order chi connectivity index (χ1) is 29.8. The van der Waals surface area contributed by atoms with E-state index >= 15 is 0 Å². The standard InChI is InChI=1S/C52H55N3O6/c56-22-4-6-35-14-11-33-23-38(35)28-37-18-20-54-52(37)55-31-40-29-46-44(19-21-53-46)45(26-32-10-15-36-5-3-9-47(58)43(36)17-13-32)50(40)48(59)30-41(57)16-12-34-25-39(24-33)51(60)49(27-34)61-42-7-1-2-8-42/h3,5,9,11,13-14,17-21,23,25,27,29,32,42,45,50,54,56,58,60H,1-2,4,6-8,10,12,15-16,22,24,26,28,30-31H2/q-2/t32-,45+,50+/m0/s1. The lowest BCUT2D eigenvalue weighted by molar-refractivity contribution is -0.129. The number of aromatic hydroxyl groups is 2. The van der Waals surface area contributed by atoms with E-state index in [9.17, 15) is 24.9 Å². The summed E-state index contributed by atoms with van der Waals surface area (Å²) in [4.78, 5) is 36.9. The predicted molar refractivity (Wildman–Crippen MR) is 238 cm³/mol. The average molecular weight is 818 g/mol. The Kier molecular flexibility index (Phi) is 12.0. The number of nitrogens with zero attached hydrogens (tertiary/aromatic N) is 2. The molecular weight excluding hydrogens is 763 g/mol. The van der Waals surface area contributed by atoms with Gasteiger partial charge in [0, 0.05) is 36.5 Å². The van der Waals surface area contributed by atoms with E-state index in [1.165, 1.54) is 0 Å². The Morgan fingerprint density at radius 3 is 2.57 bits per heavy atom. The molecule has 0 saturated heterocycles. The first-order valence-electron chi connectivity index (χ1n) is 22.2. The molecule has 0 amide bonds. The largest absolute Gasteiger partial charge is 0.664 e. The molecule has 0 radical (unpaired) electrons. The minimum absolute atomic E-state index is 0.0425. The third-order valence-electron chi connectivity index (χ3n) is 13.4. The second-order valence-corrected chi connectivity index (χ2v) is 17.6. The van der Waals surface area contributed by atoms with Crippen LogP contribution in [-0.4, -0.2) is 51.1 Å². The molecule has 9 heteroatoms. The number of nitrogens with one attached hydrogen (secondary N) is 1. The number of rotatable bonds is 7. The van der Waals surface area contributed by atoms with Crippen LogP contribution >= 0.6 is 0 Å². The van der Waals surface area contributed by atoms with Gasteiger partial charge in [-0.05, 0) is 135 Å². The van der Waals surface area contributed by atoms with Crippen LogP contribution in [0, 0.1) is 11.8 Å². The van der Waals surface area contributed by atoms with Gasteiger partial charge in [-0.3, -0.25) is 9.59 Å². The Morgan fingerprint density at radius 1 is 0.836 bits per heavy atom. The van der Waals surface area contributed by atoms with Crippen LogP contribution in [0.1, 0.15) is 119 Å². The minimum Gasteiger partial charge on any atom is -0.664 e. The normalized spacial score (nSPS) is 20.8. The van der Waals surface area contributed by atoms with E-state index < -0.39 is 5.92 Å². The van der Waals surface area contributed by atoms with Crippen molar-refractivity contribution in [1.82, 2.24) is 9.97 Å². The summed E-state index contributed by atoms with van der Waals surface area (Å²) in [7, 11) is 0. The number of phenols is 2. The molecule has 4 aliphatic rings. The van der Waals surface area contributed by atoms with E-state index in [1.54, 1.807) is 6.07 Å². The fourth-order valence-corrected chi connectivity index (χ4v) is 10.2. The number of aromatic amines is 1. The van der Waals surface area contributed by atoms with Crippen LogP contribution in [0.3, 0.4) is 0 Å². The number of fused-ring (bicyclic) bond motifs is 8. The lowest BCUT2D eigenvalue weighted by Gasteiger charge is -2.37. The fraction of sp³-hybridized carbons (Fsp3) is 0.385. The Labute approximate surface area is 358 Å². The zero-order valence-electron chi connectivity index (χ0n) is 34.7. The van der Waals surface area contributed by atoms with Crippen molar-refractivity contribution in [3.63, 3.8) is 0 Å². The molecule has 1 fully saturated rings. The summed E-state index contributed by atoms with van der Waals surface area (Å²) in [6.45, 7) is 0.371. The summed E-state index contributed by atoms with van der Waals surface area (Å²) >= 11 is 0. The fourth-order valence-electron chi connectivity index (χ4n) is 10.2. The molecular formula is C52H55N3O6-2. The van der Waals surface area contributed by atoms with Crippen molar-refractivity contribution in [2.24, 2.45) is 11.8 Å². The molecule has 0 spiro atoms. The number of aliphatic hydroxyl groups is 1. The highest BCUT2D eigenvalue weighted by Gasteiger charge is 2.37. The third-order valence-corrected chi connectivity index (χ3v) is 13.4. The average Bonchev–Trinajstić information content (AvgIpc) is 4.02. The summed E-state index contributed by atoms with van der Waals surface area (Å²) in [5.41, 5.74) is 10.7. The van der Waals surface area contributed by atoms with E-state index in [0.29, 0.717) is 37.9 Å². The molecule has 5 aromatic rings. The van der Waals surface area contributed by atoms with Crippen molar-refractivity contribution in [3.8, 4) is 17.2 Å². The van der Waals surface area contributed by atoms with E-state index in [-0.39, 0.29) is 67.0 Å². The molecule has 1 aliphatic heterocycles. The zero-order chi connectivity index (χ0) is 41.9. The molecule has 4 bridgehead atoms. The molecule has 9 nitrogen and oxygen atoms in total. The van der Waals surface area contributed by atoms with Crippen molar-refractivity contribution in [1.29, 1.82) is 0 Å². The summed E-state index contributed by atoms with van der Waals surface area (Å²) in [5.74, 6) is 0.735. The number of carbonyl (C=O) groups is 2. The van der Waals surface area contributed by atoms with Gasteiger partial charge in [0.15, 0.2) is 11.5 Å². The number of carbonyl (C=O) groups excluding carboxylic acids is 2. The number of hydrogen-bond donors (Lipinski definition) is 4. The summed E-state index contributed by atoms with van der Waals surface area (Å²) in [6.07, 6.45) is 19.3. The van der Waals surface area contributed by atoms with Crippen LogP contribution in [0.2, 0.25) is 0 Å². The molecule has 0 unspecified atom stereocenters. The molecule has 3 aromatic carbocycles. The minimum atomic E-state index is -0.564. The van der Waals surface area contributed by atoms with E-state index in [1.807, 2.05) is 48.8 Å². The molecule has 1 saturated carbocycles. The topological polar surface area (TPSA) is 148 Å². The number of ether oxygens (including phenoxy) is 1. The number of phenolic OH excluding ortho intramolecular Hbond substituents is 2. The maximum Gasteiger partial charge on any atom is 0.161 e. The van der Waals surface area contributed by atoms with Crippen LogP contribution in [0.15, 0.2) is 84.7 Å². The quantitative estimate of drug-likeness (QED) is 0.120. The lowest BCUT2D eigenvalue weighted by Crippen LogP contribution is -2.31. The smallest absolute Gasteiger partial charge is 0.161 e. The Balaban J connectivity index is 1.08. The van der Waals surface area contributed by atoms with Gasteiger partial charge >= 0.3 is 0 Å². The monoisotopic (exact) mass is 817 g/mol.